The lowest BCUT2D eigenvalue weighted by Crippen LogP contribution is -2.29. The minimum absolute atomic E-state index is 0.0962. The van der Waals surface area contributed by atoms with E-state index in [-0.39, 0.29) is 25.6 Å². The molecule has 0 aliphatic heterocycles. The number of hydrogen-bond donors (Lipinski definition) is 3. The molecule has 0 aromatic rings. The Morgan fingerprint density at radius 1 is 0.564 bits per heavy atom. The van der Waals surface area contributed by atoms with Crippen molar-refractivity contribution in [3.8, 4) is 0 Å². The number of unbranched alkanes of at least 4 members (excludes halogenated alkanes) is 4. The molecule has 0 unspecified atom stereocenters. The third kappa shape index (κ3) is 41.4. The Bertz CT molecular complexity index is 1310. The molecule has 55 heavy (non-hydrogen) atoms. The largest absolute Gasteiger partial charge is 0.469 e. The number of rotatable bonds is 34. The molecule has 0 spiro atoms. The molecular weight excluding hydrogens is 715 g/mol. The van der Waals surface area contributed by atoms with Crippen LogP contribution in [0.2, 0.25) is 0 Å². The van der Waals surface area contributed by atoms with Crippen LogP contribution in [0.4, 0.5) is 0 Å². The van der Waals surface area contributed by atoms with E-state index in [4.69, 9.17) is 19.3 Å². The quantitative estimate of drug-likeness (QED) is 0.0191. The van der Waals surface area contributed by atoms with Gasteiger partial charge in [-0.25, -0.2) is 4.57 Å². The first-order chi connectivity index (χ1) is 26.7. The second-order valence-electron chi connectivity index (χ2n) is 12.7. The zero-order chi connectivity index (χ0) is 40.5. The van der Waals surface area contributed by atoms with Gasteiger partial charge >= 0.3 is 19.8 Å². The second kappa shape index (κ2) is 38.7. The first-order valence-electron chi connectivity index (χ1n) is 19.9. The highest BCUT2D eigenvalue weighted by molar-refractivity contribution is 7.46. The fraction of sp³-hybridized carbons (Fsp3) is 0.511. The first kappa shape index (κ1) is 51.4. The molecule has 10 heteroatoms. The van der Waals surface area contributed by atoms with Gasteiger partial charge in [-0.05, 0) is 83.5 Å². The summed E-state index contributed by atoms with van der Waals surface area (Å²) in [4.78, 5) is 42.7. The van der Waals surface area contributed by atoms with Gasteiger partial charge in [0.05, 0.1) is 12.7 Å². The normalized spacial score (nSPS) is 14.3. The third-order valence-corrected chi connectivity index (χ3v) is 8.12. The van der Waals surface area contributed by atoms with Gasteiger partial charge in [0, 0.05) is 12.8 Å². The van der Waals surface area contributed by atoms with Crippen LogP contribution in [0.3, 0.4) is 0 Å². The lowest BCUT2D eigenvalue weighted by atomic mass is 10.2. The van der Waals surface area contributed by atoms with Crippen molar-refractivity contribution < 1.29 is 43.0 Å². The van der Waals surface area contributed by atoms with Gasteiger partial charge in [0.25, 0.3) is 0 Å². The molecule has 0 saturated carbocycles. The van der Waals surface area contributed by atoms with Crippen LogP contribution in [-0.2, 0) is 28.2 Å². The Hall–Kier alpha value is -3.59. The summed E-state index contributed by atoms with van der Waals surface area (Å²) in [6, 6.07) is 0. The number of aliphatic hydroxyl groups is 1. The number of aliphatic hydroxyl groups excluding tert-OH is 1. The number of allylic oxidation sites excluding steroid dienone is 19. The molecule has 0 amide bonds. The van der Waals surface area contributed by atoms with Crippen molar-refractivity contribution >= 4 is 19.8 Å². The molecule has 0 aromatic carbocycles. The van der Waals surface area contributed by atoms with Gasteiger partial charge in [-0.1, -0.05) is 148 Å². The molecule has 0 saturated heterocycles. The molecular formula is C45H69O9P. The summed E-state index contributed by atoms with van der Waals surface area (Å²) in [5, 5.41) is 9.45. The van der Waals surface area contributed by atoms with Gasteiger partial charge in [-0.15, -0.1) is 0 Å². The summed E-state index contributed by atoms with van der Waals surface area (Å²) in [5.41, 5.74) is 0. The van der Waals surface area contributed by atoms with Crippen LogP contribution in [0, 0.1) is 0 Å². The number of phosphoric acid groups is 1. The number of carbonyl (C=O) groups is 2. The fourth-order valence-corrected chi connectivity index (χ4v) is 4.88. The molecule has 2 atom stereocenters. The van der Waals surface area contributed by atoms with Crippen LogP contribution in [0.15, 0.2) is 122 Å². The van der Waals surface area contributed by atoms with Crippen molar-refractivity contribution in [1.82, 2.24) is 0 Å². The van der Waals surface area contributed by atoms with Crippen molar-refractivity contribution in [2.45, 2.75) is 135 Å². The standard InChI is InChI=1S/C45H69O9P/c1-3-5-6-7-8-9-10-11-12-13-14-15-16-20-23-26-29-32-35-38-44(47)52-40-43(41-53-55(49,50)51)54-45(48)39-36-33-30-27-24-21-18-17-19-22-25-28-31-34-37-42(46)4-2/h8-9,11-12,14-15,18-23,27-32,34,37,42-43,46H,3-7,10,13,16-17,24-26,33,35-36,38-41H2,1-2H3,(H2,49,50,51)/b9-8-,12-11-,15-14-,21-18-,22-19-,23-20-,30-27-,31-28-,32-29-,37-34+/t42-,43-/m1/s1. The molecule has 0 aliphatic rings. The second-order valence-corrected chi connectivity index (χ2v) is 14.0. The topological polar surface area (TPSA) is 140 Å². The number of ether oxygens (including phenoxy) is 2. The molecule has 3 N–H and O–H groups in total. The van der Waals surface area contributed by atoms with E-state index in [0.29, 0.717) is 25.7 Å². The van der Waals surface area contributed by atoms with E-state index in [2.05, 4.69) is 84.4 Å². The predicted octanol–water partition coefficient (Wildman–Crippen LogP) is 11.1. The Kier molecular flexibility index (Phi) is 36.2. The molecule has 0 heterocycles. The first-order valence-corrected chi connectivity index (χ1v) is 21.5. The van der Waals surface area contributed by atoms with Crippen molar-refractivity contribution in [1.29, 1.82) is 0 Å². The van der Waals surface area contributed by atoms with Gasteiger partial charge < -0.3 is 24.4 Å². The van der Waals surface area contributed by atoms with Crippen LogP contribution < -0.4 is 0 Å². The lowest BCUT2D eigenvalue weighted by molar-refractivity contribution is -0.161. The lowest BCUT2D eigenvalue weighted by Gasteiger charge is -2.18. The number of phosphoric ester groups is 1. The summed E-state index contributed by atoms with van der Waals surface area (Å²) < 4.78 is 26.2. The average Bonchev–Trinajstić information content (AvgIpc) is 3.16. The van der Waals surface area contributed by atoms with Gasteiger partial charge in [-0.2, -0.15) is 0 Å². The maximum absolute atomic E-state index is 12.4. The van der Waals surface area contributed by atoms with Gasteiger partial charge in [0.2, 0.25) is 0 Å². The minimum Gasteiger partial charge on any atom is -0.462 e. The number of esters is 2. The Morgan fingerprint density at radius 3 is 1.53 bits per heavy atom. The average molecular weight is 785 g/mol. The summed E-state index contributed by atoms with van der Waals surface area (Å²) in [6.07, 6.45) is 53.1. The summed E-state index contributed by atoms with van der Waals surface area (Å²) >= 11 is 0. The zero-order valence-corrected chi connectivity index (χ0v) is 34.3. The van der Waals surface area contributed by atoms with Crippen molar-refractivity contribution in [3.05, 3.63) is 122 Å². The summed E-state index contributed by atoms with van der Waals surface area (Å²) in [6.45, 7) is 3.19. The Labute approximate surface area is 331 Å². The van der Waals surface area contributed by atoms with E-state index < -0.39 is 32.5 Å². The van der Waals surface area contributed by atoms with Gasteiger partial charge in [0.1, 0.15) is 6.61 Å². The maximum atomic E-state index is 12.4. The van der Waals surface area contributed by atoms with Gasteiger partial charge in [-0.3, -0.25) is 14.1 Å². The molecule has 308 valence electrons. The van der Waals surface area contributed by atoms with E-state index in [1.807, 2.05) is 49.5 Å². The van der Waals surface area contributed by atoms with Gasteiger partial charge in [0.15, 0.2) is 6.10 Å². The van der Waals surface area contributed by atoms with E-state index in [0.717, 1.165) is 44.9 Å². The van der Waals surface area contributed by atoms with Crippen LogP contribution in [0.1, 0.15) is 123 Å². The van der Waals surface area contributed by atoms with Crippen molar-refractivity contribution in [2.24, 2.45) is 0 Å². The molecule has 0 fully saturated rings. The molecule has 0 rings (SSSR count). The SMILES string of the molecule is CCCCC/C=C\C/C=C\C/C=C\C/C=C\C/C=C\CCC(=O)OC[C@H](COP(=O)(O)O)OC(=O)CCC/C=C\C/C=C\C/C=C\C/C=C\C=C\[C@H](O)CC. The van der Waals surface area contributed by atoms with E-state index in [1.165, 1.54) is 25.7 Å². The highest BCUT2D eigenvalue weighted by atomic mass is 31.2. The monoisotopic (exact) mass is 784 g/mol. The zero-order valence-electron chi connectivity index (χ0n) is 33.4. The molecule has 0 bridgehead atoms. The van der Waals surface area contributed by atoms with E-state index >= 15 is 0 Å². The minimum atomic E-state index is -4.80. The van der Waals surface area contributed by atoms with Crippen molar-refractivity contribution in [3.63, 3.8) is 0 Å². The number of hydrogen-bond acceptors (Lipinski definition) is 7. The van der Waals surface area contributed by atoms with Crippen LogP contribution in [0.25, 0.3) is 0 Å². The maximum Gasteiger partial charge on any atom is 0.469 e. The van der Waals surface area contributed by atoms with Crippen LogP contribution in [0.5, 0.6) is 0 Å². The van der Waals surface area contributed by atoms with E-state index in [9.17, 15) is 19.3 Å². The van der Waals surface area contributed by atoms with Crippen LogP contribution >= 0.6 is 7.82 Å². The summed E-state index contributed by atoms with van der Waals surface area (Å²) in [5.74, 6) is -1.08. The summed E-state index contributed by atoms with van der Waals surface area (Å²) in [7, 11) is -4.80. The van der Waals surface area contributed by atoms with Crippen molar-refractivity contribution in [2.75, 3.05) is 13.2 Å². The highest BCUT2D eigenvalue weighted by Gasteiger charge is 2.22. The molecule has 0 aliphatic carbocycles. The predicted molar refractivity (Wildman–Crippen MR) is 226 cm³/mol. The van der Waals surface area contributed by atoms with E-state index in [1.54, 1.807) is 6.08 Å². The van der Waals surface area contributed by atoms with Crippen LogP contribution in [-0.4, -0.2) is 52.3 Å². The molecule has 0 aromatic heterocycles. The molecule has 0 radical (unpaired) electrons. The smallest absolute Gasteiger partial charge is 0.462 e. The number of carbonyl (C=O) groups excluding carboxylic acids is 2. The Morgan fingerprint density at radius 2 is 1.04 bits per heavy atom. The molecule has 9 nitrogen and oxygen atoms in total. The fourth-order valence-electron chi connectivity index (χ4n) is 4.52. The third-order valence-electron chi connectivity index (χ3n) is 7.64. The highest BCUT2D eigenvalue weighted by Crippen LogP contribution is 2.35. The Balaban J connectivity index is 4.22.